The van der Waals surface area contributed by atoms with Gasteiger partial charge in [-0.3, -0.25) is 0 Å². The van der Waals surface area contributed by atoms with Crippen LogP contribution in [0.4, 0.5) is 0 Å². The summed E-state index contributed by atoms with van der Waals surface area (Å²) in [7, 11) is 0. The minimum absolute atomic E-state index is 0.0920. The second-order valence-electron chi connectivity index (χ2n) is 4.25. The Morgan fingerprint density at radius 2 is 1.67 bits per heavy atom. The van der Waals surface area contributed by atoms with Gasteiger partial charge in [0.1, 0.15) is 0 Å². The number of hydrogen-bond acceptors (Lipinski definition) is 1. The predicted octanol–water partition coefficient (Wildman–Crippen LogP) is 3.01. The topological polar surface area (TPSA) is 9.23 Å². The molecule has 0 atom stereocenters. The molecule has 0 aliphatic carbocycles. The van der Waals surface area contributed by atoms with Crippen LogP contribution in [-0.2, 0) is 4.74 Å². The highest BCUT2D eigenvalue weighted by atomic mass is 16.5. The molecule has 0 radical (unpaired) electrons. The van der Waals surface area contributed by atoms with E-state index < -0.39 is 0 Å². The van der Waals surface area contributed by atoms with Crippen LogP contribution in [0.15, 0.2) is 12.2 Å². The molecule has 70 valence electrons. The Balaban J connectivity index is 2.79. The molecular weight excluding hydrogens is 148 g/mol. The highest BCUT2D eigenvalue weighted by molar-refractivity contribution is 5.00. The van der Waals surface area contributed by atoms with Crippen molar-refractivity contribution < 1.29 is 4.74 Å². The lowest BCUT2D eigenvalue weighted by molar-refractivity contribution is -0.103. The smallest absolute Gasteiger partial charge is 0.0766 e. The molecule has 0 saturated carbocycles. The first-order valence-corrected chi connectivity index (χ1v) is 4.88. The SMILES string of the molecule is CC(C)C1(C(C)C)CC=CCO1. The van der Waals surface area contributed by atoms with Gasteiger partial charge >= 0.3 is 0 Å². The molecule has 0 fully saturated rings. The summed E-state index contributed by atoms with van der Waals surface area (Å²) >= 11 is 0. The Morgan fingerprint density at radius 3 is 1.92 bits per heavy atom. The molecule has 0 aromatic heterocycles. The van der Waals surface area contributed by atoms with Gasteiger partial charge in [0.25, 0.3) is 0 Å². The van der Waals surface area contributed by atoms with Crippen LogP contribution in [0.2, 0.25) is 0 Å². The number of rotatable bonds is 2. The quantitative estimate of drug-likeness (QED) is 0.576. The van der Waals surface area contributed by atoms with Crippen LogP contribution >= 0.6 is 0 Å². The van der Waals surface area contributed by atoms with Crippen molar-refractivity contribution in [3.8, 4) is 0 Å². The summed E-state index contributed by atoms with van der Waals surface area (Å²) in [5, 5.41) is 0. The van der Waals surface area contributed by atoms with Gasteiger partial charge in [0.15, 0.2) is 0 Å². The van der Waals surface area contributed by atoms with Crippen LogP contribution in [0.1, 0.15) is 34.1 Å². The fourth-order valence-corrected chi connectivity index (χ4v) is 2.07. The van der Waals surface area contributed by atoms with Gasteiger partial charge < -0.3 is 4.74 Å². The van der Waals surface area contributed by atoms with Gasteiger partial charge in [-0.1, -0.05) is 39.8 Å². The summed E-state index contributed by atoms with van der Waals surface area (Å²) in [4.78, 5) is 0. The highest BCUT2D eigenvalue weighted by Crippen LogP contribution is 2.35. The van der Waals surface area contributed by atoms with Gasteiger partial charge in [0.2, 0.25) is 0 Å². The van der Waals surface area contributed by atoms with Crippen molar-refractivity contribution in [1.82, 2.24) is 0 Å². The molecule has 0 aromatic rings. The summed E-state index contributed by atoms with van der Waals surface area (Å²) in [5.74, 6) is 1.20. The van der Waals surface area contributed by atoms with Crippen LogP contribution in [0, 0.1) is 11.8 Å². The second kappa shape index (κ2) is 3.61. The van der Waals surface area contributed by atoms with Crippen LogP contribution in [0.5, 0.6) is 0 Å². The van der Waals surface area contributed by atoms with Crippen molar-refractivity contribution in [2.24, 2.45) is 11.8 Å². The van der Waals surface area contributed by atoms with Gasteiger partial charge in [-0.15, -0.1) is 0 Å². The van der Waals surface area contributed by atoms with Crippen LogP contribution < -0.4 is 0 Å². The third-order valence-corrected chi connectivity index (χ3v) is 3.01. The molecule has 1 nitrogen and oxygen atoms in total. The Labute approximate surface area is 75.8 Å². The molecular formula is C11H20O. The van der Waals surface area contributed by atoms with E-state index in [1.54, 1.807) is 0 Å². The lowest BCUT2D eigenvalue weighted by atomic mass is 9.77. The Hall–Kier alpha value is -0.300. The van der Waals surface area contributed by atoms with Crippen molar-refractivity contribution in [3.05, 3.63) is 12.2 Å². The van der Waals surface area contributed by atoms with Gasteiger partial charge in [0, 0.05) is 0 Å². The van der Waals surface area contributed by atoms with E-state index in [1.807, 2.05) is 0 Å². The first-order valence-electron chi connectivity index (χ1n) is 4.88. The first kappa shape index (κ1) is 9.79. The molecule has 0 bridgehead atoms. The number of hydrogen-bond donors (Lipinski definition) is 0. The zero-order chi connectivity index (χ0) is 9.19. The monoisotopic (exact) mass is 168 g/mol. The maximum Gasteiger partial charge on any atom is 0.0766 e. The fraction of sp³-hybridized carbons (Fsp3) is 0.818. The summed E-state index contributed by atoms with van der Waals surface area (Å²) in [6, 6.07) is 0. The largest absolute Gasteiger partial charge is 0.370 e. The van der Waals surface area contributed by atoms with Crippen molar-refractivity contribution in [2.45, 2.75) is 39.7 Å². The Morgan fingerprint density at radius 1 is 1.08 bits per heavy atom. The molecule has 1 aliphatic rings. The third-order valence-electron chi connectivity index (χ3n) is 3.01. The lowest BCUT2D eigenvalue weighted by Crippen LogP contribution is -2.44. The molecule has 0 spiro atoms. The van der Waals surface area contributed by atoms with Gasteiger partial charge in [0.05, 0.1) is 12.2 Å². The first-order chi connectivity index (χ1) is 5.59. The molecule has 1 aliphatic heterocycles. The predicted molar refractivity (Wildman–Crippen MR) is 52.1 cm³/mol. The van der Waals surface area contributed by atoms with E-state index in [0.717, 1.165) is 13.0 Å². The van der Waals surface area contributed by atoms with E-state index >= 15 is 0 Å². The maximum absolute atomic E-state index is 5.90. The molecule has 0 amide bonds. The van der Waals surface area contributed by atoms with Crippen molar-refractivity contribution in [1.29, 1.82) is 0 Å². The molecule has 0 saturated heterocycles. The van der Waals surface area contributed by atoms with Gasteiger partial charge in [-0.25, -0.2) is 0 Å². The van der Waals surface area contributed by atoms with Crippen molar-refractivity contribution >= 4 is 0 Å². The molecule has 0 aromatic carbocycles. The maximum atomic E-state index is 5.90. The number of ether oxygens (including phenoxy) is 1. The second-order valence-corrected chi connectivity index (χ2v) is 4.25. The Bertz CT molecular complexity index is 160. The van der Waals surface area contributed by atoms with E-state index in [1.165, 1.54) is 0 Å². The van der Waals surface area contributed by atoms with E-state index in [-0.39, 0.29) is 5.60 Å². The molecule has 1 heteroatoms. The standard InChI is InChI=1S/C11H20O/c1-9(2)11(10(3)4)7-5-6-8-12-11/h5-6,9-10H,7-8H2,1-4H3. The molecule has 1 rings (SSSR count). The molecule has 1 heterocycles. The van der Waals surface area contributed by atoms with E-state index in [0.29, 0.717) is 11.8 Å². The normalized spacial score (nSPS) is 22.2. The molecule has 0 unspecified atom stereocenters. The minimum atomic E-state index is 0.0920. The zero-order valence-corrected chi connectivity index (χ0v) is 8.63. The summed E-state index contributed by atoms with van der Waals surface area (Å²) in [6.07, 6.45) is 5.44. The fourth-order valence-electron chi connectivity index (χ4n) is 2.07. The van der Waals surface area contributed by atoms with Crippen LogP contribution in [-0.4, -0.2) is 12.2 Å². The van der Waals surface area contributed by atoms with Crippen LogP contribution in [0.25, 0.3) is 0 Å². The molecule has 12 heavy (non-hydrogen) atoms. The molecule has 0 N–H and O–H groups in total. The van der Waals surface area contributed by atoms with E-state index in [9.17, 15) is 0 Å². The van der Waals surface area contributed by atoms with E-state index in [4.69, 9.17) is 4.74 Å². The average Bonchev–Trinajstić information content (AvgIpc) is 2.05. The average molecular weight is 168 g/mol. The van der Waals surface area contributed by atoms with Crippen molar-refractivity contribution in [2.75, 3.05) is 6.61 Å². The van der Waals surface area contributed by atoms with Crippen molar-refractivity contribution in [3.63, 3.8) is 0 Å². The van der Waals surface area contributed by atoms with Gasteiger partial charge in [-0.05, 0) is 18.3 Å². The lowest BCUT2D eigenvalue weighted by Gasteiger charge is -2.42. The summed E-state index contributed by atoms with van der Waals surface area (Å²) < 4.78 is 5.90. The summed E-state index contributed by atoms with van der Waals surface area (Å²) in [5.41, 5.74) is 0.0920. The Kier molecular flexibility index (Phi) is 2.94. The van der Waals surface area contributed by atoms with Gasteiger partial charge in [-0.2, -0.15) is 0 Å². The van der Waals surface area contributed by atoms with E-state index in [2.05, 4.69) is 39.8 Å². The van der Waals surface area contributed by atoms with Crippen LogP contribution in [0.3, 0.4) is 0 Å². The third kappa shape index (κ3) is 1.56. The summed E-state index contributed by atoms with van der Waals surface area (Å²) in [6.45, 7) is 9.78. The minimum Gasteiger partial charge on any atom is -0.370 e. The highest BCUT2D eigenvalue weighted by Gasteiger charge is 2.37. The zero-order valence-electron chi connectivity index (χ0n) is 8.63.